The van der Waals surface area contributed by atoms with Crippen molar-refractivity contribution in [1.82, 2.24) is 5.32 Å². The zero-order valence-corrected chi connectivity index (χ0v) is 9.80. The van der Waals surface area contributed by atoms with Crippen molar-refractivity contribution >= 4 is 40.6 Å². The standard InChI is InChI=1S/C10H6ClNO4S/c11-5-1-4(2-6(13)8(5)14)3-7-9(15)12-10(16)17-7/h1-3,13-14H,(H,12,15,16). The van der Waals surface area contributed by atoms with Crippen molar-refractivity contribution < 1.29 is 19.8 Å². The molecule has 1 saturated heterocycles. The molecule has 17 heavy (non-hydrogen) atoms. The van der Waals surface area contributed by atoms with E-state index in [0.717, 1.165) is 11.8 Å². The minimum atomic E-state index is -0.497. The highest BCUT2D eigenvalue weighted by molar-refractivity contribution is 8.18. The quantitative estimate of drug-likeness (QED) is 0.538. The summed E-state index contributed by atoms with van der Waals surface area (Å²) in [6.45, 7) is 0. The summed E-state index contributed by atoms with van der Waals surface area (Å²) in [5.74, 6) is -1.31. The highest BCUT2D eigenvalue weighted by Gasteiger charge is 2.25. The first-order valence-corrected chi connectivity index (χ1v) is 5.63. The Labute approximate surface area is 105 Å². The van der Waals surface area contributed by atoms with Gasteiger partial charge in [-0.1, -0.05) is 11.6 Å². The first-order valence-electron chi connectivity index (χ1n) is 4.43. The van der Waals surface area contributed by atoms with Gasteiger partial charge in [-0.05, 0) is 35.5 Å². The average Bonchev–Trinajstić information content (AvgIpc) is 2.54. The number of carbonyl (C=O) groups excluding carboxylic acids is 2. The van der Waals surface area contributed by atoms with Crippen LogP contribution in [0.15, 0.2) is 17.0 Å². The first-order chi connectivity index (χ1) is 7.97. The fourth-order valence-corrected chi connectivity index (χ4v) is 2.17. The van der Waals surface area contributed by atoms with Crippen LogP contribution in [0, 0.1) is 0 Å². The van der Waals surface area contributed by atoms with E-state index >= 15 is 0 Å². The fourth-order valence-electron chi connectivity index (χ4n) is 1.26. The molecule has 0 aromatic heterocycles. The van der Waals surface area contributed by atoms with E-state index in [-0.39, 0.29) is 15.7 Å². The smallest absolute Gasteiger partial charge is 0.290 e. The molecule has 2 rings (SSSR count). The lowest BCUT2D eigenvalue weighted by molar-refractivity contribution is -0.115. The lowest BCUT2D eigenvalue weighted by Crippen LogP contribution is -2.17. The number of phenolic OH excluding ortho intramolecular Hbond substituents is 2. The lowest BCUT2D eigenvalue weighted by atomic mass is 10.2. The molecular formula is C10H6ClNO4S. The summed E-state index contributed by atoms with van der Waals surface area (Å²) in [6.07, 6.45) is 1.40. The number of amides is 2. The van der Waals surface area contributed by atoms with Gasteiger partial charge in [-0.25, -0.2) is 0 Å². The molecule has 5 nitrogen and oxygen atoms in total. The number of rotatable bonds is 1. The summed E-state index contributed by atoms with van der Waals surface area (Å²) in [5, 5.41) is 20.2. The van der Waals surface area contributed by atoms with Crippen molar-refractivity contribution in [2.75, 3.05) is 0 Å². The molecule has 0 atom stereocenters. The molecule has 7 heteroatoms. The van der Waals surface area contributed by atoms with Crippen molar-refractivity contribution in [1.29, 1.82) is 0 Å². The number of thioether (sulfide) groups is 1. The third kappa shape index (κ3) is 2.37. The highest BCUT2D eigenvalue weighted by atomic mass is 35.5. The second kappa shape index (κ2) is 4.31. The predicted molar refractivity (Wildman–Crippen MR) is 63.9 cm³/mol. The van der Waals surface area contributed by atoms with Crippen LogP contribution in [0.2, 0.25) is 5.02 Å². The molecule has 0 unspecified atom stereocenters. The van der Waals surface area contributed by atoms with Crippen LogP contribution >= 0.6 is 23.4 Å². The summed E-state index contributed by atoms with van der Waals surface area (Å²) < 4.78 is 0. The van der Waals surface area contributed by atoms with Crippen molar-refractivity contribution in [2.24, 2.45) is 0 Å². The van der Waals surface area contributed by atoms with Crippen LogP contribution in [-0.4, -0.2) is 21.4 Å². The van der Waals surface area contributed by atoms with Gasteiger partial charge in [0.2, 0.25) is 0 Å². The Morgan fingerprint density at radius 2 is 2.00 bits per heavy atom. The Balaban J connectivity index is 2.40. The van der Waals surface area contributed by atoms with Crippen LogP contribution in [0.5, 0.6) is 11.5 Å². The van der Waals surface area contributed by atoms with Crippen molar-refractivity contribution in [3.05, 3.63) is 27.6 Å². The predicted octanol–water partition coefficient (Wildman–Crippen LogP) is 2.08. The monoisotopic (exact) mass is 271 g/mol. The lowest BCUT2D eigenvalue weighted by Gasteiger charge is -2.02. The molecule has 0 radical (unpaired) electrons. The largest absolute Gasteiger partial charge is 0.504 e. The number of halogens is 1. The van der Waals surface area contributed by atoms with Crippen LogP contribution in [0.25, 0.3) is 6.08 Å². The van der Waals surface area contributed by atoms with Crippen molar-refractivity contribution in [3.63, 3.8) is 0 Å². The molecule has 1 aromatic rings. The van der Waals surface area contributed by atoms with E-state index in [1.807, 2.05) is 0 Å². The number of hydrogen-bond acceptors (Lipinski definition) is 5. The second-order valence-electron chi connectivity index (χ2n) is 3.22. The maximum Gasteiger partial charge on any atom is 0.290 e. The van der Waals surface area contributed by atoms with Crippen LogP contribution in [0.3, 0.4) is 0 Å². The summed E-state index contributed by atoms with van der Waals surface area (Å²) in [5.41, 5.74) is 0.414. The van der Waals surface area contributed by atoms with Crippen LogP contribution in [-0.2, 0) is 4.79 Å². The topological polar surface area (TPSA) is 86.6 Å². The number of hydrogen-bond donors (Lipinski definition) is 3. The van der Waals surface area contributed by atoms with Gasteiger partial charge in [-0.15, -0.1) is 0 Å². The van der Waals surface area contributed by atoms with Gasteiger partial charge < -0.3 is 10.2 Å². The van der Waals surface area contributed by atoms with E-state index in [9.17, 15) is 19.8 Å². The molecule has 1 aromatic carbocycles. The highest BCUT2D eigenvalue weighted by Crippen LogP contribution is 2.35. The zero-order valence-electron chi connectivity index (χ0n) is 8.23. The molecule has 1 heterocycles. The van der Waals surface area contributed by atoms with Gasteiger partial charge in [0, 0.05) is 0 Å². The normalized spacial score (nSPS) is 17.6. The Morgan fingerprint density at radius 3 is 2.53 bits per heavy atom. The first kappa shape index (κ1) is 11.8. The van der Waals surface area contributed by atoms with Crippen molar-refractivity contribution in [2.45, 2.75) is 0 Å². The molecule has 0 bridgehead atoms. The van der Waals surface area contributed by atoms with Gasteiger partial charge in [-0.2, -0.15) is 0 Å². The van der Waals surface area contributed by atoms with Gasteiger partial charge in [0.25, 0.3) is 11.1 Å². The second-order valence-corrected chi connectivity index (χ2v) is 4.64. The van der Waals surface area contributed by atoms with Gasteiger partial charge in [0.05, 0.1) is 9.93 Å². The van der Waals surface area contributed by atoms with Gasteiger partial charge in [0.1, 0.15) is 0 Å². The third-order valence-corrected chi connectivity index (χ3v) is 3.10. The molecule has 1 aliphatic rings. The molecule has 1 aliphatic heterocycles. The van der Waals surface area contributed by atoms with E-state index < -0.39 is 16.9 Å². The van der Waals surface area contributed by atoms with Crippen LogP contribution < -0.4 is 5.32 Å². The Hall–Kier alpha value is -1.66. The minimum Gasteiger partial charge on any atom is -0.504 e. The van der Waals surface area contributed by atoms with Gasteiger partial charge >= 0.3 is 0 Å². The molecule has 2 amide bonds. The summed E-state index contributed by atoms with van der Waals surface area (Å²) in [6, 6.07) is 2.62. The van der Waals surface area contributed by atoms with E-state index in [2.05, 4.69) is 5.32 Å². The van der Waals surface area contributed by atoms with E-state index in [0.29, 0.717) is 5.56 Å². The molecule has 3 N–H and O–H groups in total. The number of benzene rings is 1. The minimum absolute atomic E-state index is 0.0356. The Kier molecular flexibility index (Phi) is 2.99. The van der Waals surface area contributed by atoms with Gasteiger partial charge in [-0.3, -0.25) is 14.9 Å². The molecule has 0 aliphatic carbocycles. The molecule has 0 saturated carbocycles. The summed E-state index contributed by atoms with van der Waals surface area (Å²) in [4.78, 5) is 22.4. The Bertz CT molecular complexity index is 532. The maximum absolute atomic E-state index is 11.3. The third-order valence-electron chi connectivity index (χ3n) is 2.01. The molecular weight excluding hydrogens is 266 g/mol. The summed E-state index contributed by atoms with van der Waals surface area (Å²) in [7, 11) is 0. The van der Waals surface area contributed by atoms with E-state index in [4.69, 9.17) is 11.6 Å². The van der Waals surface area contributed by atoms with Gasteiger partial charge in [0.15, 0.2) is 11.5 Å². The van der Waals surface area contributed by atoms with E-state index in [1.165, 1.54) is 18.2 Å². The average molecular weight is 272 g/mol. The van der Waals surface area contributed by atoms with E-state index in [1.54, 1.807) is 0 Å². The van der Waals surface area contributed by atoms with Crippen LogP contribution in [0.4, 0.5) is 4.79 Å². The number of imide groups is 1. The molecule has 1 fully saturated rings. The zero-order chi connectivity index (χ0) is 12.6. The Morgan fingerprint density at radius 1 is 1.29 bits per heavy atom. The number of aromatic hydroxyl groups is 2. The SMILES string of the molecule is O=C1NC(=O)C(=Cc2cc(O)c(O)c(Cl)c2)S1. The van der Waals surface area contributed by atoms with Crippen LogP contribution in [0.1, 0.15) is 5.56 Å². The van der Waals surface area contributed by atoms with Crippen molar-refractivity contribution in [3.8, 4) is 11.5 Å². The molecule has 88 valence electrons. The maximum atomic E-state index is 11.3. The number of phenols is 2. The number of nitrogens with one attached hydrogen (secondary N) is 1. The molecule has 0 spiro atoms. The summed E-state index contributed by atoms with van der Waals surface area (Å²) >= 11 is 6.41. The fraction of sp³-hybridized carbons (Fsp3) is 0. The number of carbonyl (C=O) groups is 2.